The maximum absolute atomic E-state index is 12.9. The lowest BCUT2D eigenvalue weighted by atomic mass is 10.2. The number of amides is 1. The SMILES string of the molecule is CCOc1ccc(CNC(=O)[C@@H](CC)Oc2ccc(F)cc2)cc1. The minimum Gasteiger partial charge on any atom is -0.494 e. The van der Waals surface area contributed by atoms with E-state index in [0.717, 1.165) is 11.3 Å². The van der Waals surface area contributed by atoms with E-state index in [4.69, 9.17) is 9.47 Å². The number of carbonyl (C=O) groups excluding carboxylic acids is 1. The third-order valence-electron chi connectivity index (χ3n) is 3.46. The van der Waals surface area contributed by atoms with Gasteiger partial charge in [-0.3, -0.25) is 4.79 Å². The van der Waals surface area contributed by atoms with Gasteiger partial charge in [0.25, 0.3) is 5.91 Å². The van der Waals surface area contributed by atoms with Gasteiger partial charge >= 0.3 is 0 Å². The molecule has 0 radical (unpaired) electrons. The summed E-state index contributed by atoms with van der Waals surface area (Å²) >= 11 is 0. The van der Waals surface area contributed by atoms with Crippen LogP contribution in [0.15, 0.2) is 48.5 Å². The van der Waals surface area contributed by atoms with Gasteiger partial charge in [-0.05, 0) is 55.3 Å². The van der Waals surface area contributed by atoms with Gasteiger partial charge in [0.15, 0.2) is 6.10 Å². The first-order valence-electron chi connectivity index (χ1n) is 8.04. The van der Waals surface area contributed by atoms with Crippen LogP contribution in [-0.2, 0) is 11.3 Å². The van der Waals surface area contributed by atoms with Crippen LogP contribution in [0, 0.1) is 5.82 Å². The number of rotatable bonds is 8. The van der Waals surface area contributed by atoms with E-state index in [9.17, 15) is 9.18 Å². The number of halogens is 1. The molecule has 1 amide bonds. The van der Waals surface area contributed by atoms with Crippen molar-refractivity contribution in [2.45, 2.75) is 32.9 Å². The fraction of sp³-hybridized carbons (Fsp3) is 0.316. The molecule has 4 nitrogen and oxygen atoms in total. The Balaban J connectivity index is 1.88. The molecule has 2 aromatic rings. The molecule has 1 N–H and O–H groups in total. The van der Waals surface area contributed by atoms with Gasteiger partial charge in [-0.25, -0.2) is 4.39 Å². The largest absolute Gasteiger partial charge is 0.494 e. The quantitative estimate of drug-likeness (QED) is 0.802. The molecule has 0 saturated heterocycles. The normalized spacial score (nSPS) is 11.6. The van der Waals surface area contributed by atoms with Crippen LogP contribution >= 0.6 is 0 Å². The summed E-state index contributed by atoms with van der Waals surface area (Å²) in [6.07, 6.45) is -0.0925. The van der Waals surface area contributed by atoms with Crippen LogP contribution in [0.4, 0.5) is 4.39 Å². The predicted molar refractivity (Wildman–Crippen MR) is 90.6 cm³/mol. The zero-order valence-electron chi connectivity index (χ0n) is 13.9. The van der Waals surface area contributed by atoms with E-state index in [2.05, 4.69) is 5.32 Å². The van der Waals surface area contributed by atoms with Gasteiger partial charge in [0.1, 0.15) is 17.3 Å². The van der Waals surface area contributed by atoms with E-state index in [0.29, 0.717) is 25.3 Å². The molecule has 24 heavy (non-hydrogen) atoms. The molecule has 0 aliphatic carbocycles. The number of carbonyl (C=O) groups is 1. The summed E-state index contributed by atoms with van der Waals surface area (Å²) in [6.45, 7) is 4.83. The van der Waals surface area contributed by atoms with E-state index >= 15 is 0 Å². The molecule has 0 fully saturated rings. The van der Waals surface area contributed by atoms with Crippen LogP contribution < -0.4 is 14.8 Å². The first-order valence-corrected chi connectivity index (χ1v) is 8.04. The van der Waals surface area contributed by atoms with Crippen molar-refractivity contribution in [3.63, 3.8) is 0 Å². The van der Waals surface area contributed by atoms with Gasteiger partial charge in [-0.1, -0.05) is 19.1 Å². The third kappa shape index (κ3) is 5.26. The number of ether oxygens (including phenoxy) is 2. The van der Waals surface area contributed by atoms with Crippen LogP contribution in [0.5, 0.6) is 11.5 Å². The predicted octanol–water partition coefficient (Wildman–Crippen LogP) is 3.70. The summed E-state index contributed by atoms with van der Waals surface area (Å²) < 4.78 is 23.9. The highest BCUT2D eigenvalue weighted by atomic mass is 19.1. The Morgan fingerprint density at radius 1 is 1.04 bits per heavy atom. The lowest BCUT2D eigenvalue weighted by molar-refractivity contribution is -0.128. The number of hydrogen-bond acceptors (Lipinski definition) is 3. The van der Waals surface area contributed by atoms with Crippen molar-refractivity contribution in [3.8, 4) is 11.5 Å². The fourth-order valence-corrected chi connectivity index (χ4v) is 2.17. The Labute approximate surface area is 141 Å². The van der Waals surface area contributed by atoms with Gasteiger partial charge in [-0.15, -0.1) is 0 Å². The van der Waals surface area contributed by atoms with Crippen molar-refractivity contribution >= 4 is 5.91 Å². The maximum atomic E-state index is 12.9. The fourth-order valence-electron chi connectivity index (χ4n) is 2.17. The van der Waals surface area contributed by atoms with Gasteiger partial charge in [-0.2, -0.15) is 0 Å². The van der Waals surface area contributed by atoms with E-state index in [1.165, 1.54) is 24.3 Å². The molecule has 0 spiro atoms. The topological polar surface area (TPSA) is 47.6 Å². The number of nitrogens with one attached hydrogen (secondary N) is 1. The molecule has 2 aromatic carbocycles. The third-order valence-corrected chi connectivity index (χ3v) is 3.46. The Morgan fingerprint density at radius 3 is 2.25 bits per heavy atom. The van der Waals surface area contributed by atoms with Crippen LogP contribution in [-0.4, -0.2) is 18.6 Å². The molecule has 0 aliphatic rings. The first-order chi connectivity index (χ1) is 11.6. The van der Waals surface area contributed by atoms with Crippen LogP contribution in [0.25, 0.3) is 0 Å². The highest BCUT2D eigenvalue weighted by Crippen LogP contribution is 2.15. The highest BCUT2D eigenvalue weighted by Gasteiger charge is 2.18. The maximum Gasteiger partial charge on any atom is 0.261 e. The molecule has 0 heterocycles. The minimum absolute atomic E-state index is 0.198. The summed E-state index contributed by atoms with van der Waals surface area (Å²) in [5.74, 6) is 0.740. The second-order valence-electron chi connectivity index (χ2n) is 5.26. The van der Waals surface area contributed by atoms with Gasteiger partial charge in [0, 0.05) is 6.54 Å². The summed E-state index contributed by atoms with van der Waals surface area (Å²) in [4.78, 5) is 12.3. The molecular weight excluding hydrogens is 309 g/mol. The Kier molecular flexibility index (Phi) is 6.61. The molecular formula is C19H22FNO3. The zero-order valence-corrected chi connectivity index (χ0v) is 13.9. The Morgan fingerprint density at radius 2 is 1.67 bits per heavy atom. The average Bonchev–Trinajstić information content (AvgIpc) is 2.60. The zero-order chi connectivity index (χ0) is 17.4. The average molecular weight is 331 g/mol. The standard InChI is InChI=1S/C19H22FNO3/c1-3-18(24-17-11-7-15(20)8-12-17)19(22)21-13-14-5-9-16(10-6-14)23-4-2/h5-12,18H,3-4,13H2,1-2H3,(H,21,22)/t18-/m1/s1. The summed E-state index contributed by atoms with van der Waals surface area (Å²) in [5, 5.41) is 2.85. The van der Waals surface area contributed by atoms with Gasteiger partial charge in [0.05, 0.1) is 6.61 Å². The molecule has 128 valence electrons. The van der Waals surface area contributed by atoms with Crippen LogP contribution in [0.1, 0.15) is 25.8 Å². The van der Waals surface area contributed by atoms with E-state index in [-0.39, 0.29) is 11.7 Å². The van der Waals surface area contributed by atoms with E-state index in [1.807, 2.05) is 38.1 Å². The van der Waals surface area contributed by atoms with Crippen LogP contribution in [0.2, 0.25) is 0 Å². The van der Waals surface area contributed by atoms with Crippen molar-refractivity contribution in [3.05, 3.63) is 59.9 Å². The summed E-state index contributed by atoms with van der Waals surface area (Å²) in [5.41, 5.74) is 0.975. The first kappa shape index (κ1) is 17.8. The minimum atomic E-state index is -0.613. The van der Waals surface area contributed by atoms with E-state index < -0.39 is 6.10 Å². The Bertz CT molecular complexity index is 641. The van der Waals surface area contributed by atoms with Gasteiger partial charge < -0.3 is 14.8 Å². The van der Waals surface area contributed by atoms with Crippen molar-refractivity contribution < 1.29 is 18.7 Å². The summed E-state index contributed by atoms with van der Waals surface area (Å²) in [6, 6.07) is 13.2. The lowest BCUT2D eigenvalue weighted by Crippen LogP contribution is -2.37. The smallest absolute Gasteiger partial charge is 0.261 e. The van der Waals surface area contributed by atoms with Gasteiger partial charge in [0.2, 0.25) is 0 Å². The van der Waals surface area contributed by atoms with Crippen molar-refractivity contribution in [2.75, 3.05) is 6.61 Å². The monoisotopic (exact) mass is 331 g/mol. The Hall–Kier alpha value is -2.56. The molecule has 5 heteroatoms. The molecule has 1 atom stereocenters. The number of benzene rings is 2. The van der Waals surface area contributed by atoms with Crippen molar-refractivity contribution in [2.24, 2.45) is 0 Å². The molecule has 0 unspecified atom stereocenters. The van der Waals surface area contributed by atoms with Crippen molar-refractivity contribution in [1.29, 1.82) is 0 Å². The molecule has 2 rings (SSSR count). The number of hydrogen-bond donors (Lipinski definition) is 1. The summed E-state index contributed by atoms with van der Waals surface area (Å²) in [7, 11) is 0. The molecule has 0 saturated carbocycles. The van der Waals surface area contributed by atoms with Crippen LogP contribution in [0.3, 0.4) is 0 Å². The van der Waals surface area contributed by atoms with Crippen molar-refractivity contribution in [1.82, 2.24) is 5.32 Å². The highest BCUT2D eigenvalue weighted by molar-refractivity contribution is 5.81. The second-order valence-corrected chi connectivity index (χ2v) is 5.26. The lowest BCUT2D eigenvalue weighted by Gasteiger charge is -2.17. The second kappa shape index (κ2) is 8.91. The molecule has 0 bridgehead atoms. The molecule has 0 aromatic heterocycles. The van der Waals surface area contributed by atoms with E-state index in [1.54, 1.807) is 0 Å². The molecule has 0 aliphatic heterocycles.